The van der Waals surface area contributed by atoms with Gasteiger partial charge in [-0.25, -0.2) is 8.78 Å². The molecule has 1 heterocycles. The van der Waals surface area contributed by atoms with Crippen molar-refractivity contribution >= 4 is 5.97 Å². The molecule has 1 aliphatic carbocycles. The second kappa shape index (κ2) is 3.92. The molecule has 0 aromatic rings. The number of alkyl halides is 2. The Bertz CT molecular complexity index is 287. The minimum Gasteiger partial charge on any atom is -0.456 e. The fraction of sp³-hybridized carbons (Fsp3) is 0.900. The van der Waals surface area contributed by atoms with Crippen LogP contribution in [0.15, 0.2) is 0 Å². The summed E-state index contributed by atoms with van der Waals surface area (Å²) in [7, 11) is 0. The van der Waals surface area contributed by atoms with Crippen molar-refractivity contribution in [1.82, 2.24) is 0 Å². The first-order chi connectivity index (χ1) is 7.44. The van der Waals surface area contributed by atoms with Gasteiger partial charge in [0, 0.05) is 26.2 Å². The Labute approximate surface area is 91.8 Å². The minimum absolute atomic E-state index is 0.0976. The van der Waals surface area contributed by atoms with Gasteiger partial charge in [0.1, 0.15) is 0 Å². The Hall–Kier alpha value is -0.750. The van der Waals surface area contributed by atoms with Crippen molar-refractivity contribution in [2.75, 3.05) is 13.2 Å². The van der Waals surface area contributed by atoms with Crippen LogP contribution in [0.5, 0.6) is 0 Å². The molecule has 1 saturated carbocycles. The quantitative estimate of drug-likeness (QED) is 0.647. The zero-order valence-corrected chi connectivity index (χ0v) is 9.00. The summed E-state index contributed by atoms with van der Waals surface area (Å²) in [6.07, 6.45) is -1.79. The molecule has 1 saturated heterocycles. The van der Waals surface area contributed by atoms with Gasteiger partial charge in [0.25, 0.3) is 5.92 Å². The second-order valence-electron chi connectivity index (χ2n) is 4.17. The van der Waals surface area contributed by atoms with E-state index in [0.29, 0.717) is 13.2 Å². The van der Waals surface area contributed by atoms with Crippen LogP contribution in [-0.4, -0.2) is 37.0 Å². The summed E-state index contributed by atoms with van der Waals surface area (Å²) in [5.74, 6) is -4.67. The van der Waals surface area contributed by atoms with Crippen molar-refractivity contribution in [3.63, 3.8) is 0 Å². The predicted molar refractivity (Wildman–Crippen MR) is 49.0 cm³/mol. The third kappa shape index (κ3) is 2.17. The van der Waals surface area contributed by atoms with Crippen LogP contribution in [0.4, 0.5) is 8.78 Å². The highest BCUT2D eigenvalue weighted by Crippen LogP contribution is 2.44. The molecule has 0 aromatic heterocycles. The van der Waals surface area contributed by atoms with Crippen molar-refractivity contribution in [2.45, 2.75) is 44.0 Å². The number of carbonyl (C=O) groups is 1. The first kappa shape index (κ1) is 11.7. The molecule has 0 N–H and O–H groups in total. The van der Waals surface area contributed by atoms with Gasteiger partial charge in [-0.3, -0.25) is 4.79 Å². The molecule has 1 spiro atoms. The molecule has 0 amide bonds. The second-order valence-corrected chi connectivity index (χ2v) is 4.17. The average Bonchev–Trinajstić information content (AvgIpc) is 2.61. The number of hydrogen-bond acceptors (Lipinski definition) is 4. The number of halogens is 2. The Morgan fingerprint density at radius 1 is 1.31 bits per heavy atom. The van der Waals surface area contributed by atoms with Crippen LogP contribution in [0.25, 0.3) is 0 Å². The fourth-order valence-corrected chi connectivity index (χ4v) is 2.14. The molecule has 0 bridgehead atoms. The third-order valence-corrected chi connectivity index (χ3v) is 2.93. The lowest BCUT2D eigenvalue weighted by molar-refractivity contribution is -0.253. The van der Waals surface area contributed by atoms with Crippen LogP contribution < -0.4 is 0 Å². The standard InChI is InChI=1S/C10H14F2O4/c1-7(13)16-8-6-9(14-4-5-15-9)2-3-10(8,11)12/h8H,2-6H2,1H3. The molecule has 2 rings (SSSR count). The van der Waals surface area contributed by atoms with Gasteiger partial charge in [0.2, 0.25) is 0 Å². The van der Waals surface area contributed by atoms with Crippen molar-refractivity contribution in [3.8, 4) is 0 Å². The summed E-state index contributed by atoms with van der Waals surface area (Å²) in [6, 6.07) is 0. The fourth-order valence-electron chi connectivity index (χ4n) is 2.14. The van der Waals surface area contributed by atoms with Gasteiger partial charge < -0.3 is 14.2 Å². The van der Waals surface area contributed by atoms with E-state index in [-0.39, 0.29) is 19.3 Å². The maximum Gasteiger partial charge on any atom is 0.303 e. The monoisotopic (exact) mass is 236 g/mol. The molecule has 6 heteroatoms. The van der Waals surface area contributed by atoms with Crippen LogP contribution in [0.3, 0.4) is 0 Å². The van der Waals surface area contributed by atoms with Crippen LogP contribution >= 0.6 is 0 Å². The topological polar surface area (TPSA) is 44.8 Å². The van der Waals surface area contributed by atoms with Gasteiger partial charge >= 0.3 is 5.97 Å². The maximum atomic E-state index is 13.5. The van der Waals surface area contributed by atoms with Crippen molar-refractivity contribution < 1.29 is 27.8 Å². The van der Waals surface area contributed by atoms with Crippen LogP contribution in [0, 0.1) is 0 Å². The first-order valence-corrected chi connectivity index (χ1v) is 5.27. The molecular formula is C10H14F2O4. The van der Waals surface area contributed by atoms with Crippen molar-refractivity contribution in [3.05, 3.63) is 0 Å². The number of rotatable bonds is 1. The molecule has 1 aliphatic heterocycles. The smallest absolute Gasteiger partial charge is 0.303 e. The minimum atomic E-state index is -2.99. The summed E-state index contributed by atoms with van der Waals surface area (Å²) in [4.78, 5) is 10.8. The zero-order chi connectivity index (χ0) is 11.8. The lowest BCUT2D eigenvalue weighted by Gasteiger charge is -2.39. The summed E-state index contributed by atoms with van der Waals surface area (Å²) < 4.78 is 42.3. The average molecular weight is 236 g/mol. The molecule has 16 heavy (non-hydrogen) atoms. The highest BCUT2D eigenvalue weighted by atomic mass is 19.3. The SMILES string of the molecule is CC(=O)OC1CC2(CCC1(F)F)OCCO2. The van der Waals surface area contributed by atoms with E-state index in [1.807, 2.05) is 0 Å². The molecule has 1 unspecified atom stereocenters. The van der Waals surface area contributed by atoms with E-state index in [4.69, 9.17) is 9.47 Å². The summed E-state index contributed by atoms with van der Waals surface area (Å²) >= 11 is 0. The lowest BCUT2D eigenvalue weighted by Crippen LogP contribution is -2.50. The van der Waals surface area contributed by atoms with E-state index in [2.05, 4.69) is 4.74 Å². The van der Waals surface area contributed by atoms with Gasteiger partial charge in [-0.15, -0.1) is 0 Å². The first-order valence-electron chi connectivity index (χ1n) is 5.27. The summed E-state index contributed by atoms with van der Waals surface area (Å²) in [6.45, 7) is 1.92. The number of carbonyl (C=O) groups excluding carboxylic acids is 1. The Morgan fingerprint density at radius 2 is 1.94 bits per heavy atom. The lowest BCUT2D eigenvalue weighted by atomic mass is 9.88. The molecule has 4 nitrogen and oxygen atoms in total. The summed E-state index contributed by atoms with van der Waals surface area (Å²) in [5, 5.41) is 0. The Morgan fingerprint density at radius 3 is 2.50 bits per heavy atom. The van der Waals surface area contributed by atoms with E-state index < -0.39 is 23.8 Å². The third-order valence-electron chi connectivity index (χ3n) is 2.93. The number of hydrogen-bond donors (Lipinski definition) is 0. The van der Waals surface area contributed by atoms with Gasteiger partial charge in [-0.2, -0.15) is 0 Å². The van der Waals surface area contributed by atoms with E-state index in [9.17, 15) is 13.6 Å². The van der Waals surface area contributed by atoms with Gasteiger partial charge in [-0.1, -0.05) is 0 Å². The van der Waals surface area contributed by atoms with Crippen molar-refractivity contribution in [1.29, 1.82) is 0 Å². The van der Waals surface area contributed by atoms with Gasteiger partial charge in [0.15, 0.2) is 11.9 Å². The molecule has 2 aliphatic rings. The Balaban J connectivity index is 2.09. The predicted octanol–water partition coefficient (Wildman–Crippen LogP) is 1.48. The number of esters is 1. The summed E-state index contributed by atoms with van der Waals surface area (Å²) in [5.41, 5.74) is 0. The van der Waals surface area contributed by atoms with Crippen LogP contribution in [-0.2, 0) is 19.0 Å². The number of ether oxygens (including phenoxy) is 3. The van der Waals surface area contributed by atoms with E-state index >= 15 is 0 Å². The molecule has 0 radical (unpaired) electrons. The molecule has 0 aromatic carbocycles. The maximum absolute atomic E-state index is 13.5. The van der Waals surface area contributed by atoms with E-state index in [0.717, 1.165) is 6.92 Å². The molecular weight excluding hydrogens is 222 g/mol. The van der Waals surface area contributed by atoms with Gasteiger partial charge in [-0.05, 0) is 0 Å². The van der Waals surface area contributed by atoms with Crippen LogP contribution in [0.2, 0.25) is 0 Å². The Kier molecular flexibility index (Phi) is 2.88. The van der Waals surface area contributed by atoms with E-state index in [1.54, 1.807) is 0 Å². The van der Waals surface area contributed by atoms with Crippen molar-refractivity contribution in [2.24, 2.45) is 0 Å². The molecule has 2 fully saturated rings. The highest BCUT2D eigenvalue weighted by molar-refractivity contribution is 5.66. The van der Waals surface area contributed by atoms with Crippen LogP contribution in [0.1, 0.15) is 26.2 Å². The largest absolute Gasteiger partial charge is 0.456 e. The highest BCUT2D eigenvalue weighted by Gasteiger charge is 2.55. The molecule has 92 valence electrons. The molecule has 1 atom stereocenters. The van der Waals surface area contributed by atoms with E-state index in [1.165, 1.54) is 0 Å². The zero-order valence-electron chi connectivity index (χ0n) is 9.00. The normalized spacial score (nSPS) is 31.6. The van der Waals surface area contributed by atoms with Gasteiger partial charge in [0.05, 0.1) is 13.2 Å².